The minimum Gasteiger partial charge on any atom is -0.379 e. The van der Waals surface area contributed by atoms with E-state index in [0.717, 1.165) is 30.8 Å². The first-order chi connectivity index (χ1) is 9.99. The van der Waals surface area contributed by atoms with Gasteiger partial charge in [-0.3, -0.25) is 0 Å². The Morgan fingerprint density at radius 2 is 2.29 bits per heavy atom. The first-order valence-electron chi connectivity index (χ1n) is 6.63. The Balaban J connectivity index is 1.66. The Morgan fingerprint density at radius 1 is 1.48 bits per heavy atom. The van der Waals surface area contributed by atoms with Gasteiger partial charge in [-0.15, -0.1) is 11.3 Å². The number of thiophene rings is 1. The summed E-state index contributed by atoms with van der Waals surface area (Å²) < 4.78 is 37.9. The van der Waals surface area contributed by atoms with Crippen LogP contribution in [0.5, 0.6) is 0 Å². The number of hydrogen-bond acceptors (Lipinski definition) is 5. The average Bonchev–Trinajstić information content (AvgIpc) is 3.03. The van der Waals surface area contributed by atoms with Crippen molar-refractivity contribution in [2.45, 2.75) is 30.3 Å². The van der Waals surface area contributed by atoms with E-state index in [1.165, 1.54) is 6.07 Å². The van der Waals surface area contributed by atoms with E-state index in [1.807, 2.05) is 0 Å². The van der Waals surface area contributed by atoms with E-state index in [2.05, 4.69) is 4.72 Å². The van der Waals surface area contributed by atoms with Gasteiger partial charge in [-0.2, -0.15) is 0 Å². The van der Waals surface area contributed by atoms with Gasteiger partial charge in [0.1, 0.15) is 9.23 Å². The van der Waals surface area contributed by atoms with Crippen molar-refractivity contribution < 1.29 is 17.9 Å². The topological polar surface area (TPSA) is 64.6 Å². The van der Waals surface area contributed by atoms with Gasteiger partial charge >= 0.3 is 0 Å². The fourth-order valence-electron chi connectivity index (χ4n) is 1.96. The zero-order valence-corrected chi connectivity index (χ0v) is 14.5. The third-order valence-electron chi connectivity index (χ3n) is 3.00. The van der Waals surface area contributed by atoms with Crippen molar-refractivity contribution in [1.29, 1.82) is 0 Å². The SMILES string of the molecule is O=S(=O)(NCCCOCC1CCCO1)c1cc(Cl)sc1Cl. The van der Waals surface area contributed by atoms with Gasteiger partial charge in [0.05, 0.1) is 17.0 Å². The molecule has 2 rings (SSSR count). The van der Waals surface area contributed by atoms with Crippen LogP contribution in [0.4, 0.5) is 0 Å². The Labute approximate surface area is 138 Å². The Bertz CT molecular complexity index is 556. The van der Waals surface area contributed by atoms with E-state index < -0.39 is 10.0 Å². The molecule has 1 fully saturated rings. The summed E-state index contributed by atoms with van der Waals surface area (Å²) >= 11 is 12.6. The van der Waals surface area contributed by atoms with Gasteiger partial charge < -0.3 is 9.47 Å². The highest BCUT2D eigenvalue weighted by Gasteiger charge is 2.20. The molecule has 1 unspecified atom stereocenters. The molecule has 1 aliphatic rings. The second kappa shape index (κ2) is 8.10. The van der Waals surface area contributed by atoms with Crippen molar-refractivity contribution in [2.75, 3.05) is 26.4 Å². The lowest BCUT2D eigenvalue weighted by atomic mass is 10.2. The molecule has 1 N–H and O–H groups in total. The van der Waals surface area contributed by atoms with Crippen molar-refractivity contribution >= 4 is 44.6 Å². The minimum absolute atomic E-state index is 0.0273. The molecule has 0 radical (unpaired) electrons. The highest BCUT2D eigenvalue weighted by atomic mass is 35.5. The normalized spacial score (nSPS) is 19.2. The maximum absolute atomic E-state index is 12.0. The molecule has 0 aromatic carbocycles. The van der Waals surface area contributed by atoms with E-state index in [9.17, 15) is 8.42 Å². The molecule has 5 nitrogen and oxygen atoms in total. The van der Waals surface area contributed by atoms with Gasteiger partial charge in [-0.1, -0.05) is 23.2 Å². The molecule has 0 saturated carbocycles. The van der Waals surface area contributed by atoms with Crippen LogP contribution in [0.15, 0.2) is 11.0 Å². The molecule has 0 amide bonds. The number of ether oxygens (including phenoxy) is 2. The number of rotatable bonds is 8. The van der Waals surface area contributed by atoms with Crippen molar-refractivity contribution in [1.82, 2.24) is 4.72 Å². The largest absolute Gasteiger partial charge is 0.379 e. The van der Waals surface area contributed by atoms with E-state index >= 15 is 0 Å². The molecule has 1 atom stereocenters. The van der Waals surface area contributed by atoms with Crippen LogP contribution in [0.25, 0.3) is 0 Å². The van der Waals surface area contributed by atoms with Crippen molar-refractivity contribution in [3.63, 3.8) is 0 Å². The first kappa shape index (κ1) is 17.5. The summed E-state index contributed by atoms with van der Waals surface area (Å²) in [6, 6.07) is 1.35. The van der Waals surface area contributed by atoms with Gasteiger partial charge in [-0.05, 0) is 25.3 Å². The summed E-state index contributed by atoms with van der Waals surface area (Å²) in [7, 11) is -3.61. The quantitative estimate of drug-likeness (QED) is 0.711. The predicted octanol–water partition coefficient (Wildman–Crippen LogP) is 2.92. The highest BCUT2D eigenvalue weighted by molar-refractivity contribution is 7.89. The third kappa shape index (κ3) is 5.35. The van der Waals surface area contributed by atoms with Gasteiger partial charge in [0.2, 0.25) is 10.0 Å². The van der Waals surface area contributed by atoms with Crippen LogP contribution < -0.4 is 4.72 Å². The monoisotopic (exact) mass is 373 g/mol. The lowest BCUT2D eigenvalue weighted by molar-refractivity contribution is 0.0169. The van der Waals surface area contributed by atoms with Crippen LogP contribution in [0, 0.1) is 0 Å². The number of hydrogen-bond donors (Lipinski definition) is 1. The number of halogens is 2. The molecule has 9 heteroatoms. The summed E-state index contributed by atoms with van der Waals surface area (Å²) in [5.41, 5.74) is 0. The van der Waals surface area contributed by atoms with Crippen LogP contribution in [-0.2, 0) is 19.5 Å². The second-order valence-corrected chi connectivity index (χ2v) is 8.67. The molecule has 1 aromatic rings. The van der Waals surface area contributed by atoms with Crippen LogP contribution >= 0.6 is 34.5 Å². The molecule has 0 aliphatic carbocycles. The van der Waals surface area contributed by atoms with Crippen LogP contribution in [0.1, 0.15) is 19.3 Å². The summed E-state index contributed by atoms with van der Waals surface area (Å²) in [6.45, 7) is 2.15. The van der Waals surface area contributed by atoms with E-state index in [1.54, 1.807) is 0 Å². The standard InChI is InChI=1S/C12H17Cl2NO4S2/c13-11-7-10(12(14)20-11)21(16,17)15-4-2-5-18-8-9-3-1-6-19-9/h7,9,15H,1-6,8H2. The minimum atomic E-state index is -3.61. The first-order valence-corrected chi connectivity index (χ1v) is 9.68. The summed E-state index contributed by atoms with van der Waals surface area (Å²) in [5.74, 6) is 0. The summed E-state index contributed by atoms with van der Waals surface area (Å²) in [4.78, 5) is 0.0273. The predicted molar refractivity (Wildman–Crippen MR) is 83.9 cm³/mol. The molecule has 120 valence electrons. The molecular weight excluding hydrogens is 357 g/mol. The zero-order valence-electron chi connectivity index (χ0n) is 11.3. The summed E-state index contributed by atoms with van der Waals surface area (Å²) in [5, 5.41) is 0. The van der Waals surface area contributed by atoms with E-state index in [4.69, 9.17) is 32.7 Å². The average molecular weight is 374 g/mol. The smallest absolute Gasteiger partial charge is 0.242 e. The van der Waals surface area contributed by atoms with E-state index in [-0.39, 0.29) is 21.9 Å². The maximum atomic E-state index is 12.0. The number of nitrogens with one attached hydrogen (secondary N) is 1. The van der Waals surface area contributed by atoms with Crippen LogP contribution in [0.3, 0.4) is 0 Å². The van der Waals surface area contributed by atoms with Crippen LogP contribution in [-0.4, -0.2) is 40.9 Å². The Hall–Kier alpha value is 0.110. The summed E-state index contributed by atoms with van der Waals surface area (Å²) in [6.07, 6.45) is 2.89. The maximum Gasteiger partial charge on any atom is 0.242 e. The zero-order chi connectivity index (χ0) is 15.3. The van der Waals surface area contributed by atoms with Gasteiger partial charge in [0.15, 0.2) is 0 Å². The van der Waals surface area contributed by atoms with Crippen LogP contribution in [0.2, 0.25) is 8.67 Å². The molecular formula is C12H17Cl2NO4S2. The van der Waals surface area contributed by atoms with Crippen molar-refractivity contribution in [3.05, 3.63) is 14.7 Å². The van der Waals surface area contributed by atoms with Gasteiger partial charge in [0, 0.05) is 19.8 Å². The Kier molecular flexibility index (Phi) is 6.74. The lowest BCUT2D eigenvalue weighted by Gasteiger charge is -2.10. The van der Waals surface area contributed by atoms with Crippen molar-refractivity contribution in [2.24, 2.45) is 0 Å². The Morgan fingerprint density at radius 3 is 2.90 bits per heavy atom. The van der Waals surface area contributed by atoms with Crippen molar-refractivity contribution in [3.8, 4) is 0 Å². The fourth-order valence-corrected chi connectivity index (χ4v) is 5.18. The molecule has 1 aliphatic heterocycles. The molecule has 21 heavy (non-hydrogen) atoms. The fraction of sp³-hybridized carbons (Fsp3) is 0.667. The molecule has 1 saturated heterocycles. The number of sulfonamides is 1. The van der Waals surface area contributed by atoms with Gasteiger partial charge in [-0.25, -0.2) is 13.1 Å². The second-order valence-electron chi connectivity index (χ2n) is 4.65. The van der Waals surface area contributed by atoms with Gasteiger partial charge in [0.25, 0.3) is 0 Å². The molecule has 2 heterocycles. The van der Waals surface area contributed by atoms with E-state index in [0.29, 0.717) is 24.0 Å². The molecule has 0 bridgehead atoms. The lowest BCUT2D eigenvalue weighted by Crippen LogP contribution is -2.26. The molecule has 1 aromatic heterocycles. The third-order valence-corrected chi connectivity index (χ3v) is 6.21. The highest BCUT2D eigenvalue weighted by Crippen LogP contribution is 2.33. The molecule has 0 spiro atoms.